The van der Waals surface area contributed by atoms with Crippen LogP contribution in [0.3, 0.4) is 0 Å². The zero-order valence-electron chi connectivity index (χ0n) is 10.8. The van der Waals surface area contributed by atoms with Crippen molar-refractivity contribution >= 4 is 0 Å². The molecule has 3 heteroatoms. The Morgan fingerprint density at radius 1 is 1.19 bits per heavy atom. The van der Waals surface area contributed by atoms with Crippen molar-refractivity contribution in [3.05, 3.63) is 22.8 Å². The average Bonchev–Trinajstić information content (AvgIpc) is 2.29. The van der Waals surface area contributed by atoms with Crippen molar-refractivity contribution < 1.29 is 9.47 Å². The molecule has 0 heterocycles. The maximum absolute atomic E-state index is 5.49. The van der Waals surface area contributed by atoms with Gasteiger partial charge >= 0.3 is 0 Å². The summed E-state index contributed by atoms with van der Waals surface area (Å²) in [6.07, 6.45) is 0.969. The Hall–Kier alpha value is -1.22. The van der Waals surface area contributed by atoms with Gasteiger partial charge < -0.3 is 14.8 Å². The summed E-state index contributed by atoms with van der Waals surface area (Å²) in [6, 6.07) is 2.07. The smallest absolute Gasteiger partial charge is 0.128 e. The van der Waals surface area contributed by atoms with Gasteiger partial charge in [0, 0.05) is 5.56 Å². The number of likely N-dealkylation sites (N-methyl/N-ethyl adjacent to an activating group) is 1. The Morgan fingerprint density at radius 3 is 2.38 bits per heavy atom. The first-order chi connectivity index (χ1) is 7.65. The summed E-state index contributed by atoms with van der Waals surface area (Å²) < 4.78 is 10.8. The van der Waals surface area contributed by atoms with Crippen LogP contribution in [0.1, 0.15) is 16.7 Å². The van der Waals surface area contributed by atoms with Gasteiger partial charge in [-0.25, -0.2) is 0 Å². The molecular formula is C13H21NO2. The van der Waals surface area contributed by atoms with Crippen molar-refractivity contribution in [2.24, 2.45) is 0 Å². The summed E-state index contributed by atoms with van der Waals surface area (Å²) in [5, 5.41) is 3.16. The third kappa shape index (κ3) is 2.47. The fraction of sp³-hybridized carbons (Fsp3) is 0.538. The van der Waals surface area contributed by atoms with Gasteiger partial charge in [-0.1, -0.05) is 0 Å². The number of methoxy groups -OCH3 is 2. The molecule has 0 fully saturated rings. The molecule has 0 spiro atoms. The van der Waals surface area contributed by atoms with Crippen LogP contribution in [0.25, 0.3) is 0 Å². The molecule has 0 aromatic heterocycles. The lowest BCUT2D eigenvalue weighted by Gasteiger charge is -2.17. The molecule has 3 nitrogen and oxygen atoms in total. The van der Waals surface area contributed by atoms with Gasteiger partial charge in [-0.3, -0.25) is 0 Å². The van der Waals surface area contributed by atoms with Gasteiger partial charge in [-0.2, -0.15) is 0 Å². The summed E-state index contributed by atoms with van der Waals surface area (Å²) in [6.45, 7) is 5.07. The Labute approximate surface area is 97.8 Å². The first-order valence-electron chi connectivity index (χ1n) is 5.51. The van der Waals surface area contributed by atoms with Gasteiger partial charge in [0.1, 0.15) is 11.5 Å². The lowest BCUT2D eigenvalue weighted by molar-refractivity contribution is 0.384. The SMILES string of the molecule is CNCCc1c(C)cc(OC)c(C)c1OC. The van der Waals surface area contributed by atoms with Crippen molar-refractivity contribution in [1.82, 2.24) is 5.32 Å². The molecule has 0 amide bonds. The highest BCUT2D eigenvalue weighted by atomic mass is 16.5. The Morgan fingerprint density at radius 2 is 1.88 bits per heavy atom. The van der Waals surface area contributed by atoms with Gasteiger partial charge in [0.05, 0.1) is 14.2 Å². The van der Waals surface area contributed by atoms with E-state index in [9.17, 15) is 0 Å². The molecule has 0 radical (unpaired) electrons. The Kier molecular flexibility index (Phi) is 4.62. The van der Waals surface area contributed by atoms with E-state index >= 15 is 0 Å². The van der Waals surface area contributed by atoms with E-state index in [0.717, 1.165) is 30.0 Å². The Balaban J connectivity index is 3.20. The maximum atomic E-state index is 5.49. The van der Waals surface area contributed by atoms with E-state index in [0.29, 0.717) is 0 Å². The fourth-order valence-electron chi connectivity index (χ4n) is 1.96. The zero-order chi connectivity index (χ0) is 12.1. The molecule has 0 aliphatic rings. The van der Waals surface area contributed by atoms with Crippen LogP contribution in [0.15, 0.2) is 6.07 Å². The second-order valence-corrected chi connectivity index (χ2v) is 3.89. The molecule has 1 N–H and O–H groups in total. The molecule has 0 unspecified atom stereocenters. The molecule has 16 heavy (non-hydrogen) atoms. The largest absolute Gasteiger partial charge is 0.496 e. The lowest BCUT2D eigenvalue weighted by atomic mass is 10.00. The fourth-order valence-corrected chi connectivity index (χ4v) is 1.96. The molecule has 90 valence electrons. The summed E-state index contributed by atoms with van der Waals surface area (Å²) in [5.74, 6) is 1.84. The van der Waals surface area contributed by atoms with E-state index in [1.165, 1.54) is 11.1 Å². The molecule has 1 aromatic carbocycles. The normalized spacial score (nSPS) is 10.3. The molecule has 1 rings (SSSR count). The topological polar surface area (TPSA) is 30.5 Å². The maximum Gasteiger partial charge on any atom is 0.128 e. The van der Waals surface area contributed by atoms with Crippen LogP contribution < -0.4 is 14.8 Å². The second kappa shape index (κ2) is 5.75. The summed E-state index contributed by atoms with van der Waals surface area (Å²) in [4.78, 5) is 0. The first-order valence-corrected chi connectivity index (χ1v) is 5.51. The van der Waals surface area contributed by atoms with Crippen LogP contribution in [0.4, 0.5) is 0 Å². The van der Waals surface area contributed by atoms with Crippen molar-refractivity contribution in [2.75, 3.05) is 27.8 Å². The first kappa shape index (κ1) is 12.8. The van der Waals surface area contributed by atoms with Crippen molar-refractivity contribution in [3.8, 4) is 11.5 Å². The van der Waals surface area contributed by atoms with Gasteiger partial charge in [-0.05, 0) is 51.1 Å². The van der Waals surface area contributed by atoms with E-state index in [4.69, 9.17) is 9.47 Å². The highest BCUT2D eigenvalue weighted by molar-refractivity contribution is 5.53. The van der Waals surface area contributed by atoms with Crippen LogP contribution in [0, 0.1) is 13.8 Å². The highest BCUT2D eigenvalue weighted by Gasteiger charge is 2.13. The molecule has 0 saturated heterocycles. The van der Waals surface area contributed by atoms with Crippen LogP contribution in [-0.2, 0) is 6.42 Å². The lowest BCUT2D eigenvalue weighted by Crippen LogP contribution is -2.12. The zero-order valence-corrected chi connectivity index (χ0v) is 10.8. The molecule has 0 aliphatic heterocycles. The number of hydrogen-bond donors (Lipinski definition) is 1. The number of aryl methyl sites for hydroxylation is 1. The van der Waals surface area contributed by atoms with Crippen LogP contribution in [-0.4, -0.2) is 27.8 Å². The molecule has 0 atom stereocenters. The number of benzene rings is 1. The van der Waals surface area contributed by atoms with E-state index < -0.39 is 0 Å². The van der Waals surface area contributed by atoms with E-state index in [2.05, 4.69) is 18.3 Å². The second-order valence-electron chi connectivity index (χ2n) is 3.89. The molecule has 0 bridgehead atoms. The standard InChI is InChI=1S/C13H21NO2/c1-9-8-12(15-4)10(2)13(16-5)11(9)6-7-14-3/h8,14H,6-7H2,1-5H3. The van der Waals surface area contributed by atoms with Crippen LogP contribution in [0.2, 0.25) is 0 Å². The summed E-state index contributed by atoms with van der Waals surface area (Å²) in [5.41, 5.74) is 3.55. The minimum atomic E-state index is 0.891. The highest BCUT2D eigenvalue weighted by Crippen LogP contribution is 2.34. The van der Waals surface area contributed by atoms with Crippen molar-refractivity contribution in [1.29, 1.82) is 0 Å². The summed E-state index contributed by atoms with van der Waals surface area (Å²) >= 11 is 0. The van der Waals surface area contributed by atoms with E-state index in [1.54, 1.807) is 14.2 Å². The van der Waals surface area contributed by atoms with Crippen LogP contribution in [0.5, 0.6) is 11.5 Å². The quantitative estimate of drug-likeness (QED) is 0.829. The molecule has 1 aromatic rings. The van der Waals surface area contributed by atoms with Gasteiger partial charge in [0.2, 0.25) is 0 Å². The number of ether oxygens (including phenoxy) is 2. The molecular weight excluding hydrogens is 202 g/mol. The van der Waals surface area contributed by atoms with Crippen LogP contribution >= 0.6 is 0 Å². The monoisotopic (exact) mass is 223 g/mol. The molecule has 0 aliphatic carbocycles. The van der Waals surface area contributed by atoms with Gasteiger partial charge in [-0.15, -0.1) is 0 Å². The third-order valence-electron chi connectivity index (χ3n) is 2.86. The minimum absolute atomic E-state index is 0.891. The number of nitrogens with one attached hydrogen (secondary N) is 1. The predicted octanol–water partition coefficient (Wildman–Crippen LogP) is 2.08. The van der Waals surface area contributed by atoms with Gasteiger partial charge in [0.15, 0.2) is 0 Å². The van der Waals surface area contributed by atoms with E-state index in [1.807, 2.05) is 14.0 Å². The summed E-state index contributed by atoms with van der Waals surface area (Å²) in [7, 11) is 5.36. The predicted molar refractivity (Wildman–Crippen MR) is 66.7 cm³/mol. The van der Waals surface area contributed by atoms with Crippen molar-refractivity contribution in [3.63, 3.8) is 0 Å². The number of hydrogen-bond acceptors (Lipinski definition) is 3. The molecule has 0 saturated carbocycles. The average molecular weight is 223 g/mol. The van der Waals surface area contributed by atoms with E-state index in [-0.39, 0.29) is 0 Å². The third-order valence-corrected chi connectivity index (χ3v) is 2.86. The number of rotatable bonds is 5. The van der Waals surface area contributed by atoms with Gasteiger partial charge in [0.25, 0.3) is 0 Å². The minimum Gasteiger partial charge on any atom is -0.496 e. The van der Waals surface area contributed by atoms with Crippen molar-refractivity contribution in [2.45, 2.75) is 20.3 Å². The Bertz CT molecular complexity index is 361.